The highest BCUT2D eigenvalue weighted by Crippen LogP contribution is 2.39. The summed E-state index contributed by atoms with van der Waals surface area (Å²) < 4.78 is 37.1. The van der Waals surface area contributed by atoms with Gasteiger partial charge in [0.1, 0.15) is 5.02 Å². The summed E-state index contributed by atoms with van der Waals surface area (Å²) in [5, 5.41) is 9.53. The molecule has 0 unspecified atom stereocenters. The Bertz CT molecular complexity index is 417. The molecule has 1 aromatic carbocycles. The van der Waals surface area contributed by atoms with E-state index < -0.39 is 27.4 Å². The number of hydrogen-bond donors (Lipinski definition) is 0. The molecule has 1 aromatic rings. The Hall–Kier alpha value is -1.30. The predicted octanol–water partition coefficient (Wildman–Crippen LogP) is 3.58. The molecular formula is C8H5ClF3NO2. The van der Waals surface area contributed by atoms with Gasteiger partial charge in [0.05, 0.1) is 10.5 Å². The Balaban J connectivity index is 3.49. The highest BCUT2D eigenvalue weighted by Gasteiger charge is 2.36. The van der Waals surface area contributed by atoms with Gasteiger partial charge in [-0.2, -0.15) is 13.2 Å². The minimum atomic E-state index is -4.69. The van der Waals surface area contributed by atoms with Gasteiger partial charge in [0.2, 0.25) is 0 Å². The topological polar surface area (TPSA) is 43.1 Å². The number of nitro groups is 1. The van der Waals surface area contributed by atoms with E-state index in [9.17, 15) is 23.3 Å². The zero-order chi connectivity index (χ0) is 11.8. The maximum atomic E-state index is 12.4. The standard InChI is InChI=1S/C8H5ClF3NO2/c1-4-2-5(8(10,11)12)7(9)6(3-4)13(14)15/h2-3H,1H3. The van der Waals surface area contributed by atoms with Crippen LogP contribution in [0.25, 0.3) is 0 Å². The van der Waals surface area contributed by atoms with Gasteiger partial charge in [-0.1, -0.05) is 11.6 Å². The van der Waals surface area contributed by atoms with Gasteiger partial charge in [0, 0.05) is 6.07 Å². The molecule has 0 aliphatic carbocycles. The summed E-state index contributed by atoms with van der Waals surface area (Å²) in [4.78, 5) is 9.47. The molecule has 0 saturated carbocycles. The maximum Gasteiger partial charge on any atom is 0.418 e. The summed E-state index contributed by atoms with van der Waals surface area (Å²) in [5.41, 5.74) is -1.78. The van der Waals surface area contributed by atoms with Crippen molar-refractivity contribution in [3.63, 3.8) is 0 Å². The van der Waals surface area contributed by atoms with E-state index in [4.69, 9.17) is 11.6 Å². The van der Waals surface area contributed by atoms with Gasteiger partial charge in [-0.25, -0.2) is 0 Å². The van der Waals surface area contributed by atoms with E-state index in [2.05, 4.69) is 0 Å². The third-order valence-corrected chi connectivity index (χ3v) is 2.10. The third-order valence-electron chi connectivity index (χ3n) is 1.70. The first-order chi connectivity index (χ1) is 6.73. The van der Waals surface area contributed by atoms with Gasteiger partial charge in [-0.3, -0.25) is 10.1 Å². The predicted molar refractivity (Wildman–Crippen MR) is 47.8 cm³/mol. The van der Waals surface area contributed by atoms with Crippen molar-refractivity contribution >= 4 is 17.3 Å². The Morgan fingerprint density at radius 3 is 2.33 bits per heavy atom. The number of benzene rings is 1. The van der Waals surface area contributed by atoms with Crippen LogP contribution in [-0.4, -0.2) is 4.92 Å². The number of aryl methyl sites for hydroxylation is 1. The first-order valence-corrected chi connectivity index (χ1v) is 4.13. The van der Waals surface area contributed by atoms with E-state index in [0.717, 1.165) is 12.1 Å². The molecule has 0 aliphatic heterocycles. The fourth-order valence-electron chi connectivity index (χ4n) is 1.09. The van der Waals surface area contributed by atoms with Gasteiger partial charge in [0.25, 0.3) is 5.69 Å². The molecule has 3 nitrogen and oxygen atoms in total. The van der Waals surface area contributed by atoms with E-state index >= 15 is 0 Å². The van der Waals surface area contributed by atoms with Gasteiger partial charge in [-0.15, -0.1) is 0 Å². The van der Waals surface area contributed by atoms with Gasteiger partial charge in [-0.05, 0) is 18.6 Å². The van der Waals surface area contributed by atoms with Crippen LogP contribution in [0.5, 0.6) is 0 Å². The molecule has 0 bridgehead atoms. The Morgan fingerprint density at radius 1 is 1.40 bits per heavy atom. The monoisotopic (exact) mass is 239 g/mol. The molecule has 0 atom stereocenters. The van der Waals surface area contributed by atoms with E-state index in [1.54, 1.807) is 0 Å². The molecule has 0 fully saturated rings. The van der Waals surface area contributed by atoms with Crippen molar-refractivity contribution in [1.29, 1.82) is 0 Å². The van der Waals surface area contributed by atoms with Crippen LogP contribution >= 0.6 is 11.6 Å². The summed E-state index contributed by atoms with van der Waals surface area (Å²) in [6.45, 7) is 1.33. The summed E-state index contributed by atoms with van der Waals surface area (Å²) >= 11 is 5.30. The minimum absolute atomic E-state index is 0.137. The lowest BCUT2D eigenvalue weighted by molar-refractivity contribution is -0.385. The van der Waals surface area contributed by atoms with E-state index in [1.165, 1.54) is 6.92 Å². The molecule has 0 aliphatic rings. The van der Waals surface area contributed by atoms with Crippen molar-refractivity contribution < 1.29 is 18.1 Å². The van der Waals surface area contributed by atoms with Crippen molar-refractivity contribution in [3.8, 4) is 0 Å². The van der Waals surface area contributed by atoms with Crippen molar-refractivity contribution in [2.45, 2.75) is 13.1 Å². The molecule has 0 saturated heterocycles. The van der Waals surface area contributed by atoms with Crippen LogP contribution < -0.4 is 0 Å². The van der Waals surface area contributed by atoms with Crippen molar-refractivity contribution in [3.05, 3.63) is 38.4 Å². The zero-order valence-electron chi connectivity index (χ0n) is 7.43. The van der Waals surface area contributed by atoms with Crippen LogP contribution in [0.2, 0.25) is 5.02 Å². The zero-order valence-corrected chi connectivity index (χ0v) is 8.19. The summed E-state index contributed by atoms with van der Waals surface area (Å²) in [6.07, 6.45) is -4.69. The highest BCUT2D eigenvalue weighted by atomic mass is 35.5. The minimum Gasteiger partial charge on any atom is -0.258 e. The SMILES string of the molecule is Cc1cc([N+](=O)[O-])c(Cl)c(C(F)(F)F)c1. The maximum absolute atomic E-state index is 12.4. The molecule has 1 rings (SSSR count). The quantitative estimate of drug-likeness (QED) is 0.555. The molecule has 15 heavy (non-hydrogen) atoms. The average molecular weight is 240 g/mol. The lowest BCUT2D eigenvalue weighted by atomic mass is 10.1. The fraction of sp³-hybridized carbons (Fsp3) is 0.250. The highest BCUT2D eigenvalue weighted by molar-refractivity contribution is 6.33. The third kappa shape index (κ3) is 2.38. The summed E-state index contributed by atoms with van der Waals surface area (Å²) in [7, 11) is 0. The number of nitrogens with zero attached hydrogens (tertiary/aromatic N) is 1. The van der Waals surface area contributed by atoms with Crippen LogP contribution in [0, 0.1) is 17.0 Å². The van der Waals surface area contributed by atoms with E-state index in [1.807, 2.05) is 0 Å². The second-order valence-corrected chi connectivity index (χ2v) is 3.28. The first-order valence-electron chi connectivity index (χ1n) is 3.75. The molecule has 0 amide bonds. The van der Waals surface area contributed by atoms with Crippen molar-refractivity contribution in [1.82, 2.24) is 0 Å². The molecule has 0 aromatic heterocycles. The second kappa shape index (κ2) is 3.69. The first kappa shape index (κ1) is 11.8. The molecular weight excluding hydrogens is 235 g/mol. The number of rotatable bonds is 1. The van der Waals surface area contributed by atoms with E-state index in [-0.39, 0.29) is 5.56 Å². The van der Waals surface area contributed by atoms with Crippen LogP contribution in [0.1, 0.15) is 11.1 Å². The number of halogens is 4. The molecule has 0 radical (unpaired) electrons. The van der Waals surface area contributed by atoms with Crippen LogP contribution in [0.15, 0.2) is 12.1 Å². The second-order valence-electron chi connectivity index (χ2n) is 2.90. The van der Waals surface area contributed by atoms with Gasteiger partial charge < -0.3 is 0 Å². The lowest BCUT2D eigenvalue weighted by Gasteiger charge is -2.09. The average Bonchev–Trinajstić information content (AvgIpc) is 2.06. The van der Waals surface area contributed by atoms with Crippen molar-refractivity contribution in [2.24, 2.45) is 0 Å². The molecule has 82 valence electrons. The molecule has 0 spiro atoms. The van der Waals surface area contributed by atoms with Crippen LogP contribution in [-0.2, 0) is 6.18 Å². The largest absolute Gasteiger partial charge is 0.418 e. The summed E-state index contributed by atoms with van der Waals surface area (Å²) in [6, 6.07) is 1.77. The number of hydrogen-bond acceptors (Lipinski definition) is 2. The fourth-order valence-corrected chi connectivity index (χ4v) is 1.37. The Labute approximate surface area is 87.6 Å². The van der Waals surface area contributed by atoms with E-state index in [0.29, 0.717) is 0 Å². The smallest absolute Gasteiger partial charge is 0.258 e. The van der Waals surface area contributed by atoms with Gasteiger partial charge in [0.15, 0.2) is 0 Å². The Kier molecular flexibility index (Phi) is 2.90. The molecule has 7 heteroatoms. The number of alkyl halides is 3. The molecule has 0 N–H and O–H groups in total. The van der Waals surface area contributed by atoms with Crippen molar-refractivity contribution in [2.75, 3.05) is 0 Å². The van der Waals surface area contributed by atoms with Crippen LogP contribution in [0.3, 0.4) is 0 Å². The summed E-state index contributed by atoms with van der Waals surface area (Å²) in [5.74, 6) is 0. The number of nitro benzene ring substituents is 1. The van der Waals surface area contributed by atoms with Crippen LogP contribution in [0.4, 0.5) is 18.9 Å². The normalized spacial score (nSPS) is 11.5. The Morgan fingerprint density at radius 2 is 1.93 bits per heavy atom. The lowest BCUT2D eigenvalue weighted by Crippen LogP contribution is -2.07. The van der Waals surface area contributed by atoms with Gasteiger partial charge >= 0.3 is 6.18 Å². The molecule has 0 heterocycles.